The van der Waals surface area contributed by atoms with Gasteiger partial charge in [-0.3, -0.25) is 15.5 Å². The van der Waals surface area contributed by atoms with Crippen molar-refractivity contribution in [2.45, 2.75) is 13.1 Å². The maximum absolute atomic E-state index is 12.8. The fourth-order valence-electron chi connectivity index (χ4n) is 1.97. The number of anilines is 1. The van der Waals surface area contributed by atoms with Crippen LogP contribution in [0.5, 0.6) is 0 Å². The van der Waals surface area contributed by atoms with Crippen molar-refractivity contribution in [1.82, 2.24) is 5.43 Å². The Kier molecular flexibility index (Phi) is 6.34. The number of nitrogens with one attached hydrogen (secondary N) is 2. The number of nitro benzene ring substituents is 1. The van der Waals surface area contributed by atoms with Crippen molar-refractivity contribution in [2.75, 3.05) is 5.32 Å². The van der Waals surface area contributed by atoms with Crippen LogP contribution in [0.2, 0.25) is 5.02 Å². The number of thiocarbonyl (C=S) groups is 1. The van der Waals surface area contributed by atoms with Gasteiger partial charge in [0.1, 0.15) is 0 Å². The number of hydrazone groups is 1. The molecule has 27 heavy (non-hydrogen) atoms. The van der Waals surface area contributed by atoms with Crippen LogP contribution in [0, 0.1) is 10.1 Å². The normalized spacial score (nSPS) is 11.8. The van der Waals surface area contributed by atoms with E-state index in [1.807, 2.05) is 0 Å². The highest BCUT2D eigenvalue weighted by atomic mass is 35.5. The maximum atomic E-state index is 12.8. The number of alkyl halides is 3. The Hall–Kier alpha value is -2.72. The lowest BCUT2D eigenvalue weighted by molar-refractivity contribution is -0.384. The first-order chi connectivity index (χ1) is 12.6. The van der Waals surface area contributed by atoms with Gasteiger partial charge in [-0.25, -0.2) is 0 Å². The lowest BCUT2D eigenvalue weighted by atomic mass is 10.1. The monoisotopic (exact) mass is 416 g/mol. The fourth-order valence-corrected chi connectivity index (χ4v) is 2.29. The zero-order valence-electron chi connectivity index (χ0n) is 13.7. The summed E-state index contributed by atoms with van der Waals surface area (Å²) in [6.45, 7) is 1.63. The first-order valence-corrected chi connectivity index (χ1v) is 8.09. The van der Waals surface area contributed by atoms with E-state index in [1.165, 1.54) is 24.3 Å². The Labute approximate surface area is 162 Å². The summed E-state index contributed by atoms with van der Waals surface area (Å²) in [6, 6.07) is 8.49. The Morgan fingerprint density at radius 1 is 1.22 bits per heavy atom. The molecule has 0 saturated heterocycles. The predicted molar refractivity (Wildman–Crippen MR) is 101 cm³/mol. The van der Waals surface area contributed by atoms with Gasteiger partial charge in [-0.2, -0.15) is 18.3 Å². The van der Waals surface area contributed by atoms with Gasteiger partial charge in [-0.15, -0.1) is 0 Å². The molecule has 0 unspecified atom stereocenters. The van der Waals surface area contributed by atoms with Crippen LogP contribution >= 0.6 is 23.8 Å². The lowest BCUT2D eigenvalue weighted by Gasteiger charge is -2.13. The number of non-ortho nitro benzene ring substituents is 1. The van der Waals surface area contributed by atoms with E-state index in [4.69, 9.17) is 23.8 Å². The minimum atomic E-state index is -4.51. The van der Waals surface area contributed by atoms with Crippen LogP contribution in [0.4, 0.5) is 24.5 Å². The number of hydrogen-bond acceptors (Lipinski definition) is 4. The number of hydrogen-bond donors (Lipinski definition) is 2. The summed E-state index contributed by atoms with van der Waals surface area (Å²) < 4.78 is 38.3. The van der Waals surface area contributed by atoms with Crippen molar-refractivity contribution in [3.8, 4) is 0 Å². The third-order valence-electron chi connectivity index (χ3n) is 3.36. The van der Waals surface area contributed by atoms with E-state index in [0.29, 0.717) is 11.3 Å². The minimum Gasteiger partial charge on any atom is -0.330 e. The number of benzene rings is 2. The van der Waals surface area contributed by atoms with Crippen molar-refractivity contribution >= 4 is 46.0 Å². The second-order valence-electron chi connectivity index (χ2n) is 5.26. The first kappa shape index (κ1) is 20.6. The van der Waals surface area contributed by atoms with Gasteiger partial charge in [0.25, 0.3) is 5.69 Å². The highest BCUT2D eigenvalue weighted by Gasteiger charge is 2.31. The Bertz CT molecular complexity index is 902. The molecule has 0 aliphatic rings. The van der Waals surface area contributed by atoms with Crippen molar-refractivity contribution < 1.29 is 18.1 Å². The van der Waals surface area contributed by atoms with E-state index in [9.17, 15) is 23.3 Å². The van der Waals surface area contributed by atoms with Gasteiger partial charge in [0.15, 0.2) is 5.11 Å². The van der Waals surface area contributed by atoms with E-state index >= 15 is 0 Å². The van der Waals surface area contributed by atoms with E-state index < -0.39 is 16.7 Å². The second-order valence-corrected chi connectivity index (χ2v) is 6.07. The molecule has 0 saturated carbocycles. The van der Waals surface area contributed by atoms with Gasteiger partial charge >= 0.3 is 6.18 Å². The van der Waals surface area contributed by atoms with Crippen molar-refractivity contribution in [3.63, 3.8) is 0 Å². The van der Waals surface area contributed by atoms with Gasteiger partial charge < -0.3 is 5.32 Å². The molecule has 0 aromatic heterocycles. The molecule has 142 valence electrons. The molecule has 0 amide bonds. The van der Waals surface area contributed by atoms with Gasteiger partial charge in [-0.05, 0) is 55.0 Å². The zero-order chi connectivity index (χ0) is 20.2. The number of halogens is 4. The quantitative estimate of drug-likeness (QED) is 0.318. The molecule has 0 heterocycles. The molecule has 0 aliphatic heterocycles. The third-order valence-corrected chi connectivity index (χ3v) is 3.89. The van der Waals surface area contributed by atoms with Gasteiger partial charge in [0.05, 0.1) is 26.9 Å². The van der Waals surface area contributed by atoms with Crippen LogP contribution in [-0.2, 0) is 6.18 Å². The van der Waals surface area contributed by atoms with Gasteiger partial charge in [0, 0.05) is 12.1 Å². The average molecular weight is 417 g/mol. The molecule has 2 aromatic rings. The summed E-state index contributed by atoms with van der Waals surface area (Å²) in [5.41, 5.74) is 2.60. The van der Waals surface area contributed by atoms with Crippen LogP contribution in [0.3, 0.4) is 0 Å². The number of rotatable bonds is 4. The van der Waals surface area contributed by atoms with Crippen molar-refractivity contribution in [1.29, 1.82) is 0 Å². The van der Waals surface area contributed by atoms with Crippen LogP contribution in [0.1, 0.15) is 18.1 Å². The molecule has 0 radical (unpaired) electrons. The first-order valence-electron chi connectivity index (χ1n) is 7.31. The molecule has 11 heteroatoms. The summed E-state index contributed by atoms with van der Waals surface area (Å²) >= 11 is 10.9. The molecule has 0 aliphatic carbocycles. The molecule has 2 aromatic carbocycles. The Morgan fingerprint density at radius 3 is 2.41 bits per heavy atom. The SMILES string of the molecule is C/C(=N\NC(=S)Nc1cc(C(F)(F)F)ccc1Cl)c1ccc([N+](=O)[O-])cc1. The largest absolute Gasteiger partial charge is 0.416 e. The summed E-state index contributed by atoms with van der Waals surface area (Å²) in [6.07, 6.45) is -4.51. The molecular formula is C16H12ClF3N4O2S. The average Bonchev–Trinajstić information content (AvgIpc) is 2.60. The summed E-state index contributed by atoms with van der Waals surface area (Å²) in [5, 5.41) is 17.2. The fraction of sp³-hybridized carbons (Fsp3) is 0.125. The van der Waals surface area contributed by atoms with Crippen molar-refractivity contribution in [2.24, 2.45) is 5.10 Å². The molecule has 0 atom stereocenters. The minimum absolute atomic E-state index is 0.0211. The van der Waals surface area contributed by atoms with E-state index in [1.54, 1.807) is 6.92 Å². The highest BCUT2D eigenvalue weighted by molar-refractivity contribution is 7.80. The standard InChI is InChI=1S/C16H12ClF3N4O2S/c1-9(10-2-5-12(6-3-10)24(25)26)22-23-15(27)21-14-8-11(16(18,19)20)4-7-13(14)17/h2-8H,1H3,(H2,21,23,27)/b22-9+. The lowest BCUT2D eigenvalue weighted by Crippen LogP contribution is -2.25. The third kappa shape index (κ3) is 5.63. The predicted octanol–water partition coefficient (Wildman–Crippen LogP) is 4.98. The van der Waals surface area contributed by atoms with Crippen LogP contribution in [0.15, 0.2) is 47.6 Å². The molecule has 0 bridgehead atoms. The van der Waals surface area contributed by atoms with E-state index in [2.05, 4.69) is 15.8 Å². The van der Waals surface area contributed by atoms with Gasteiger partial charge in [0.2, 0.25) is 0 Å². The number of nitrogens with zero attached hydrogens (tertiary/aromatic N) is 2. The van der Waals surface area contributed by atoms with E-state index in [0.717, 1.165) is 18.2 Å². The summed E-state index contributed by atoms with van der Waals surface area (Å²) in [5.74, 6) is 0. The topological polar surface area (TPSA) is 79.6 Å². The molecule has 2 rings (SSSR count). The zero-order valence-corrected chi connectivity index (χ0v) is 15.2. The molecule has 0 fully saturated rings. The van der Waals surface area contributed by atoms with Crippen LogP contribution in [0.25, 0.3) is 0 Å². The Morgan fingerprint density at radius 2 is 1.85 bits per heavy atom. The molecular weight excluding hydrogens is 405 g/mol. The van der Waals surface area contributed by atoms with Crippen LogP contribution < -0.4 is 10.7 Å². The molecule has 6 nitrogen and oxygen atoms in total. The summed E-state index contributed by atoms with van der Waals surface area (Å²) in [7, 11) is 0. The highest BCUT2D eigenvalue weighted by Crippen LogP contribution is 2.33. The maximum Gasteiger partial charge on any atom is 0.416 e. The van der Waals surface area contributed by atoms with E-state index in [-0.39, 0.29) is 21.5 Å². The smallest absolute Gasteiger partial charge is 0.330 e. The number of nitro groups is 1. The van der Waals surface area contributed by atoms with Crippen LogP contribution in [-0.4, -0.2) is 15.7 Å². The second kappa shape index (κ2) is 8.31. The van der Waals surface area contributed by atoms with Gasteiger partial charge in [-0.1, -0.05) is 11.6 Å². The Balaban J connectivity index is 2.07. The molecule has 2 N–H and O–H groups in total. The molecule has 0 spiro atoms. The van der Waals surface area contributed by atoms with Crippen molar-refractivity contribution in [3.05, 3.63) is 68.7 Å². The summed E-state index contributed by atoms with van der Waals surface area (Å²) in [4.78, 5) is 10.1.